The number of methoxy groups -OCH3 is 1. The van der Waals surface area contributed by atoms with Crippen molar-refractivity contribution in [2.24, 2.45) is 7.05 Å². The average Bonchev–Trinajstić information content (AvgIpc) is 3.67. The lowest BCUT2D eigenvalue weighted by Crippen LogP contribution is -2.31. The molecule has 3 heterocycles. The van der Waals surface area contributed by atoms with E-state index in [1.807, 2.05) is 102 Å². The molecule has 6 aromatic rings. The number of nitrogens with zero attached hydrogens (tertiary/aromatic N) is 5. The standard InChI is InChI=1S/C32H28ClN5O2/c1-21-5-9-23(10-6-21)32(39,29-19-34-20-37(29)2)24-11-14-28-26(18-24)30(33)27(31(36-28)40-3)17-22-7-12-25(13-8-22)38-16-4-15-35-38/h4-16,18-20,39H,17H2,1-3H3. The molecule has 1 atom stereocenters. The number of fused-ring (bicyclic) bond motifs is 1. The van der Waals surface area contributed by atoms with Gasteiger partial charge in [-0.2, -0.15) is 5.10 Å². The highest BCUT2D eigenvalue weighted by molar-refractivity contribution is 6.36. The molecular weight excluding hydrogens is 522 g/mol. The summed E-state index contributed by atoms with van der Waals surface area (Å²) in [4.78, 5) is 9.06. The summed E-state index contributed by atoms with van der Waals surface area (Å²) in [5.41, 5.74) is 5.17. The number of pyridine rings is 1. The van der Waals surface area contributed by atoms with E-state index in [1.165, 1.54) is 0 Å². The van der Waals surface area contributed by atoms with Crippen LogP contribution in [0, 0.1) is 6.92 Å². The van der Waals surface area contributed by atoms with Crippen molar-refractivity contribution in [3.05, 3.63) is 136 Å². The first-order chi connectivity index (χ1) is 19.4. The van der Waals surface area contributed by atoms with Gasteiger partial charge in [0.25, 0.3) is 0 Å². The Morgan fingerprint density at radius 2 is 1.75 bits per heavy atom. The number of aromatic nitrogens is 5. The van der Waals surface area contributed by atoms with E-state index in [-0.39, 0.29) is 0 Å². The fourth-order valence-electron chi connectivity index (χ4n) is 5.15. The van der Waals surface area contributed by atoms with Crippen LogP contribution in [0.15, 0.2) is 97.7 Å². The predicted molar refractivity (Wildman–Crippen MR) is 156 cm³/mol. The predicted octanol–water partition coefficient (Wildman–Crippen LogP) is 6.00. The molecule has 1 N–H and O–H groups in total. The lowest BCUT2D eigenvalue weighted by Gasteiger charge is -2.30. The molecule has 0 aliphatic carbocycles. The minimum atomic E-state index is -1.46. The highest BCUT2D eigenvalue weighted by atomic mass is 35.5. The molecule has 8 heteroatoms. The number of rotatable bonds is 7. The maximum absolute atomic E-state index is 12.4. The first kappa shape index (κ1) is 25.8. The summed E-state index contributed by atoms with van der Waals surface area (Å²) >= 11 is 7.10. The van der Waals surface area contributed by atoms with Crippen molar-refractivity contribution in [3.8, 4) is 11.6 Å². The first-order valence-corrected chi connectivity index (χ1v) is 13.3. The van der Waals surface area contributed by atoms with E-state index in [0.717, 1.165) is 33.3 Å². The molecule has 7 nitrogen and oxygen atoms in total. The van der Waals surface area contributed by atoms with Crippen LogP contribution >= 0.6 is 11.6 Å². The average molecular weight is 550 g/mol. The van der Waals surface area contributed by atoms with Crippen LogP contribution in [0.2, 0.25) is 5.02 Å². The zero-order valence-corrected chi connectivity index (χ0v) is 23.2. The highest BCUT2D eigenvalue weighted by Gasteiger charge is 2.37. The van der Waals surface area contributed by atoms with Crippen LogP contribution in [0.4, 0.5) is 0 Å². The van der Waals surface area contributed by atoms with Gasteiger partial charge in [0.15, 0.2) is 5.60 Å². The Morgan fingerprint density at radius 3 is 2.40 bits per heavy atom. The number of benzene rings is 3. The normalized spacial score (nSPS) is 12.9. The van der Waals surface area contributed by atoms with Crippen LogP contribution in [0.5, 0.6) is 5.88 Å². The molecule has 0 saturated heterocycles. The van der Waals surface area contributed by atoms with Gasteiger partial charge >= 0.3 is 0 Å². The van der Waals surface area contributed by atoms with Gasteiger partial charge in [0.05, 0.1) is 41.6 Å². The molecule has 3 aromatic carbocycles. The lowest BCUT2D eigenvalue weighted by molar-refractivity contribution is 0.117. The Labute approximate surface area is 237 Å². The Morgan fingerprint density at radius 1 is 1.00 bits per heavy atom. The number of hydrogen-bond acceptors (Lipinski definition) is 5. The number of hydrogen-bond donors (Lipinski definition) is 1. The molecule has 0 radical (unpaired) electrons. The molecule has 0 aliphatic heterocycles. The van der Waals surface area contributed by atoms with Crippen molar-refractivity contribution in [2.75, 3.05) is 7.11 Å². The molecule has 3 aromatic heterocycles. The Kier molecular flexibility index (Phi) is 6.62. The second-order valence-corrected chi connectivity index (χ2v) is 10.3. The summed E-state index contributed by atoms with van der Waals surface area (Å²) in [5, 5.41) is 18.0. The molecule has 0 bridgehead atoms. The molecular formula is C32H28ClN5O2. The minimum Gasteiger partial charge on any atom is -0.481 e. The summed E-state index contributed by atoms with van der Waals surface area (Å²) < 4.78 is 9.31. The van der Waals surface area contributed by atoms with Crippen molar-refractivity contribution in [3.63, 3.8) is 0 Å². The number of ether oxygens (including phenoxy) is 1. The van der Waals surface area contributed by atoms with Crippen LogP contribution in [0.3, 0.4) is 0 Å². The Bertz CT molecular complexity index is 1790. The second-order valence-electron chi connectivity index (χ2n) is 9.91. The SMILES string of the molecule is COc1nc2ccc(C(O)(c3ccc(C)cc3)c3cncn3C)cc2c(Cl)c1Cc1ccc(-n2cccn2)cc1. The largest absolute Gasteiger partial charge is 0.481 e. The van der Waals surface area contributed by atoms with Crippen molar-refractivity contribution < 1.29 is 9.84 Å². The van der Waals surface area contributed by atoms with Crippen LogP contribution in [-0.4, -0.2) is 36.5 Å². The maximum atomic E-state index is 12.4. The van der Waals surface area contributed by atoms with Gasteiger partial charge in [-0.05, 0) is 53.9 Å². The Hall–Kier alpha value is -4.46. The van der Waals surface area contributed by atoms with Crippen LogP contribution in [0.1, 0.15) is 33.5 Å². The molecule has 1 unspecified atom stereocenters. The van der Waals surface area contributed by atoms with E-state index in [4.69, 9.17) is 21.3 Å². The molecule has 0 saturated carbocycles. The zero-order valence-electron chi connectivity index (χ0n) is 22.4. The summed E-state index contributed by atoms with van der Waals surface area (Å²) in [7, 11) is 3.47. The van der Waals surface area contributed by atoms with Crippen LogP contribution in [-0.2, 0) is 19.1 Å². The molecule has 0 aliphatic rings. The topological polar surface area (TPSA) is 78.0 Å². The van der Waals surface area contributed by atoms with Crippen molar-refractivity contribution >= 4 is 22.5 Å². The number of aryl methyl sites for hydroxylation is 2. The van der Waals surface area contributed by atoms with E-state index in [2.05, 4.69) is 10.1 Å². The zero-order chi connectivity index (χ0) is 27.9. The molecule has 0 amide bonds. The minimum absolute atomic E-state index is 0.474. The van der Waals surface area contributed by atoms with Gasteiger partial charge in [-0.25, -0.2) is 14.6 Å². The van der Waals surface area contributed by atoms with Gasteiger partial charge in [-0.1, -0.05) is 59.6 Å². The van der Waals surface area contributed by atoms with Gasteiger partial charge in [0.1, 0.15) is 0 Å². The van der Waals surface area contributed by atoms with Crippen LogP contribution < -0.4 is 4.74 Å². The summed E-state index contributed by atoms with van der Waals surface area (Å²) in [6.07, 6.45) is 7.56. The number of imidazole rings is 1. The second kappa shape index (κ2) is 10.3. The quantitative estimate of drug-likeness (QED) is 0.264. The van der Waals surface area contributed by atoms with Gasteiger partial charge in [-0.3, -0.25) is 0 Å². The van der Waals surface area contributed by atoms with Crippen LogP contribution in [0.25, 0.3) is 16.6 Å². The first-order valence-electron chi connectivity index (χ1n) is 12.9. The fourth-order valence-corrected chi connectivity index (χ4v) is 5.44. The van der Waals surface area contributed by atoms with E-state index in [9.17, 15) is 5.11 Å². The third kappa shape index (κ3) is 4.43. The van der Waals surface area contributed by atoms with Gasteiger partial charge in [0, 0.05) is 36.8 Å². The van der Waals surface area contributed by atoms with E-state index in [0.29, 0.717) is 34.1 Å². The van der Waals surface area contributed by atoms with Gasteiger partial charge < -0.3 is 14.4 Å². The number of aliphatic hydroxyl groups is 1. The molecule has 40 heavy (non-hydrogen) atoms. The summed E-state index contributed by atoms with van der Waals surface area (Å²) in [5.74, 6) is 0.474. The molecule has 200 valence electrons. The third-order valence-corrected chi connectivity index (χ3v) is 7.76. The monoisotopic (exact) mass is 549 g/mol. The van der Waals surface area contributed by atoms with E-state index < -0.39 is 5.60 Å². The molecule has 6 rings (SSSR count). The summed E-state index contributed by atoms with van der Waals surface area (Å²) in [6, 6.07) is 23.6. The smallest absolute Gasteiger partial charge is 0.218 e. The van der Waals surface area contributed by atoms with Crippen molar-refractivity contribution in [1.29, 1.82) is 0 Å². The highest BCUT2D eigenvalue weighted by Crippen LogP contribution is 2.40. The Balaban J connectivity index is 1.46. The maximum Gasteiger partial charge on any atom is 0.218 e. The third-order valence-electron chi connectivity index (χ3n) is 7.33. The lowest BCUT2D eigenvalue weighted by atomic mass is 9.82. The van der Waals surface area contributed by atoms with E-state index >= 15 is 0 Å². The van der Waals surface area contributed by atoms with Gasteiger partial charge in [-0.15, -0.1) is 0 Å². The summed E-state index contributed by atoms with van der Waals surface area (Å²) in [6.45, 7) is 2.02. The van der Waals surface area contributed by atoms with E-state index in [1.54, 1.807) is 25.8 Å². The number of halogens is 1. The molecule has 0 fully saturated rings. The van der Waals surface area contributed by atoms with Gasteiger partial charge in [0.2, 0.25) is 5.88 Å². The fraction of sp³-hybridized carbons (Fsp3) is 0.156. The van der Waals surface area contributed by atoms with Crippen molar-refractivity contribution in [1.82, 2.24) is 24.3 Å². The van der Waals surface area contributed by atoms with Crippen molar-refractivity contribution in [2.45, 2.75) is 18.9 Å². The molecule has 0 spiro atoms.